The van der Waals surface area contributed by atoms with E-state index in [9.17, 15) is 14.4 Å². The van der Waals surface area contributed by atoms with E-state index in [-0.39, 0.29) is 22.6 Å². The van der Waals surface area contributed by atoms with Crippen molar-refractivity contribution in [2.24, 2.45) is 5.73 Å². The number of hydrogen-bond donors (Lipinski definition) is 2. The average Bonchev–Trinajstić information content (AvgIpc) is 2.85. The second-order valence-electron chi connectivity index (χ2n) is 7.82. The Balaban J connectivity index is 1.31. The maximum absolute atomic E-state index is 12.6. The van der Waals surface area contributed by atoms with Crippen molar-refractivity contribution in [2.45, 2.75) is 19.3 Å². The van der Waals surface area contributed by atoms with Crippen LogP contribution in [0, 0.1) is 0 Å². The zero-order valence-electron chi connectivity index (χ0n) is 18.5. The Kier molecular flexibility index (Phi) is 7.03. The molecule has 172 valence electrons. The predicted octanol–water partition coefficient (Wildman–Crippen LogP) is 4.55. The first kappa shape index (κ1) is 22.8. The fraction of sp³-hybridized carbons (Fsp3) is 0.148. The van der Waals surface area contributed by atoms with Crippen molar-refractivity contribution in [3.63, 3.8) is 0 Å². The molecule has 0 fully saturated rings. The van der Waals surface area contributed by atoms with Crippen molar-refractivity contribution in [1.82, 2.24) is 0 Å². The number of carbonyl (C=O) groups is 2. The summed E-state index contributed by atoms with van der Waals surface area (Å²) in [6, 6.07) is 22.9. The van der Waals surface area contributed by atoms with Crippen LogP contribution in [0.4, 0.5) is 5.69 Å². The van der Waals surface area contributed by atoms with Gasteiger partial charge in [0, 0.05) is 17.3 Å². The Hall–Kier alpha value is -4.39. The van der Waals surface area contributed by atoms with Crippen molar-refractivity contribution < 1.29 is 18.7 Å². The van der Waals surface area contributed by atoms with Crippen LogP contribution in [-0.4, -0.2) is 18.4 Å². The number of amides is 2. The van der Waals surface area contributed by atoms with Gasteiger partial charge in [0.15, 0.2) is 11.2 Å². The maximum Gasteiger partial charge on any atom is 0.284 e. The molecule has 0 saturated heterocycles. The third-order valence-corrected chi connectivity index (χ3v) is 5.32. The Morgan fingerprint density at radius 1 is 0.912 bits per heavy atom. The quantitative estimate of drug-likeness (QED) is 0.359. The van der Waals surface area contributed by atoms with Gasteiger partial charge in [-0.3, -0.25) is 14.4 Å². The predicted molar refractivity (Wildman–Crippen MR) is 130 cm³/mol. The summed E-state index contributed by atoms with van der Waals surface area (Å²) < 4.78 is 11.1. The molecule has 7 nitrogen and oxygen atoms in total. The lowest BCUT2D eigenvalue weighted by Crippen LogP contribution is -2.15. The van der Waals surface area contributed by atoms with E-state index in [0.717, 1.165) is 25.3 Å². The third kappa shape index (κ3) is 5.69. The van der Waals surface area contributed by atoms with E-state index < -0.39 is 11.3 Å². The monoisotopic (exact) mass is 456 g/mol. The highest BCUT2D eigenvalue weighted by molar-refractivity contribution is 6.05. The number of rotatable bonds is 9. The van der Waals surface area contributed by atoms with Crippen molar-refractivity contribution >= 4 is 28.5 Å². The van der Waals surface area contributed by atoms with E-state index in [2.05, 4.69) is 17.4 Å². The standard InChI is InChI=1S/C27H24N2O5/c28-26(31)25-17-23(30)22-16-20(11-14-24(22)34-25)29-27(32)19-9-12-21(13-10-19)33-15-5-4-8-18-6-2-1-3-7-18/h1-3,6-7,9-14,16-17H,4-5,8,15H2,(H2,28,31)(H,29,32). The van der Waals surface area contributed by atoms with E-state index in [4.69, 9.17) is 14.9 Å². The molecule has 0 aliphatic rings. The number of unbranched alkanes of at least 4 members (excludes halogenated alkanes) is 1. The molecule has 0 aliphatic heterocycles. The largest absolute Gasteiger partial charge is 0.494 e. The highest BCUT2D eigenvalue weighted by Crippen LogP contribution is 2.19. The zero-order valence-corrected chi connectivity index (χ0v) is 18.5. The maximum atomic E-state index is 12.6. The normalized spacial score (nSPS) is 10.7. The minimum atomic E-state index is -0.823. The van der Waals surface area contributed by atoms with Crippen LogP contribution in [0.25, 0.3) is 11.0 Å². The highest BCUT2D eigenvalue weighted by Gasteiger charge is 2.11. The van der Waals surface area contributed by atoms with E-state index in [1.165, 1.54) is 17.7 Å². The van der Waals surface area contributed by atoms with Gasteiger partial charge < -0.3 is 20.2 Å². The summed E-state index contributed by atoms with van der Waals surface area (Å²) in [4.78, 5) is 36.1. The van der Waals surface area contributed by atoms with Gasteiger partial charge in [0.05, 0.1) is 12.0 Å². The van der Waals surface area contributed by atoms with Crippen LogP contribution in [-0.2, 0) is 6.42 Å². The zero-order chi connectivity index (χ0) is 23.9. The number of anilines is 1. The van der Waals surface area contributed by atoms with Gasteiger partial charge in [0.1, 0.15) is 11.3 Å². The topological polar surface area (TPSA) is 112 Å². The van der Waals surface area contributed by atoms with E-state index in [0.29, 0.717) is 23.6 Å². The van der Waals surface area contributed by atoms with Crippen LogP contribution >= 0.6 is 0 Å². The van der Waals surface area contributed by atoms with Gasteiger partial charge in [-0.05, 0) is 67.3 Å². The Morgan fingerprint density at radius 3 is 2.41 bits per heavy atom. The molecule has 7 heteroatoms. The number of hydrogen-bond acceptors (Lipinski definition) is 5. The molecule has 1 aromatic heterocycles. The van der Waals surface area contributed by atoms with Crippen molar-refractivity contribution in [3.8, 4) is 5.75 Å². The number of nitrogens with one attached hydrogen (secondary N) is 1. The Morgan fingerprint density at radius 2 is 1.68 bits per heavy atom. The van der Waals surface area contributed by atoms with Gasteiger partial charge in [0.2, 0.25) is 0 Å². The SMILES string of the molecule is NC(=O)c1cc(=O)c2cc(NC(=O)c3ccc(OCCCCc4ccccc4)cc3)ccc2o1. The number of benzene rings is 3. The van der Waals surface area contributed by atoms with Crippen LogP contribution in [0.3, 0.4) is 0 Å². The third-order valence-electron chi connectivity index (χ3n) is 5.32. The van der Waals surface area contributed by atoms with Crippen molar-refractivity contribution in [2.75, 3.05) is 11.9 Å². The molecule has 0 atom stereocenters. The molecule has 4 aromatic rings. The molecule has 0 radical (unpaired) electrons. The summed E-state index contributed by atoms with van der Waals surface area (Å²) in [6.45, 7) is 0.607. The van der Waals surface area contributed by atoms with Crippen LogP contribution in [0.2, 0.25) is 0 Å². The number of carbonyl (C=O) groups excluding carboxylic acids is 2. The summed E-state index contributed by atoms with van der Waals surface area (Å²) in [7, 11) is 0. The van der Waals surface area contributed by atoms with Gasteiger partial charge in [-0.25, -0.2) is 0 Å². The lowest BCUT2D eigenvalue weighted by Gasteiger charge is -2.09. The van der Waals surface area contributed by atoms with Gasteiger partial charge >= 0.3 is 0 Å². The molecule has 0 saturated carbocycles. The summed E-state index contributed by atoms with van der Waals surface area (Å²) in [5.74, 6) is -0.666. The fourth-order valence-corrected chi connectivity index (χ4v) is 3.53. The first-order valence-electron chi connectivity index (χ1n) is 11.0. The Bertz CT molecular complexity index is 1360. The molecule has 0 aliphatic carbocycles. The Labute approximate surface area is 196 Å². The summed E-state index contributed by atoms with van der Waals surface area (Å²) in [5, 5.41) is 2.99. The molecule has 0 unspecified atom stereocenters. The lowest BCUT2D eigenvalue weighted by atomic mass is 10.1. The first-order chi connectivity index (χ1) is 16.5. The molecule has 0 bridgehead atoms. The molecule has 1 heterocycles. The van der Waals surface area contributed by atoms with Gasteiger partial charge in [-0.1, -0.05) is 30.3 Å². The number of aryl methyl sites for hydroxylation is 1. The van der Waals surface area contributed by atoms with Crippen LogP contribution < -0.4 is 21.2 Å². The van der Waals surface area contributed by atoms with Crippen molar-refractivity contribution in [1.29, 1.82) is 0 Å². The molecular weight excluding hydrogens is 432 g/mol. The minimum Gasteiger partial charge on any atom is -0.494 e. The lowest BCUT2D eigenvalue weighted by molar-refractivity contribution is 0.0973. The van der Waals surface area contributed by atoms with Crippen LogP contribution in [0.5, 0.6) is 5.75 Å². The van der Waals surface area contributed by atoms with Crippen LogP contribution in [0.15, 0.2) is 88.1 Å². The summed E-state index contributed by atoms with van der Waals surface area (Å²) in [6.07, 6.45) is 3.00. The second kappa shape index (κ2) is 10.5. The van der Waals surface area contributed by atoms with E-state index in [1.54, 1.807) is 30.3 Å². The molecule has 4 rings (SSSR count). The van der Waals surface area contributed by atoms with Gasteiger partial charge in [-0.15, -0.1) is 0 Å². The average molecular weight is 456 g/mol. The molecule has 0 spiro atoms. The molecule has 3 N–H and O–H groups in total. The highest BCUT2D eigenvalue weighted by atomic mass is 16.5. The molecule has 2 amide bonds. The number of fused-ring (bicyclic) bond motifs is 1. The minimum absolute atomic E-state index is 0.213. The van der Waals surface area contributed by atoms with E-state index in [1.807, 2.05) is 18.2 Å². The van der Waals surface area contributed by atoms with Gasteiger partial charge in [-0.2, -0.15) is 0 Å². The molecule has 3 aromatic carbocycles. The van der Waals surface area contributed by atoms with Crippen LogP contribution in [0.1, 0.15) is 39.3 Å². The van der Waals surface area contributed by atoms with Gasteiger partial charge in [0.25, 0.3) is 11.8 Å². The second-order valence-corrected chi connectivity index (χ2v) is 7.82. The first-order valence-corrected chi connectivity index (χ1v) is 11.0. The molecule has 34 heavy (non-hydrogen) atoms. The fourth-order valence-electron chi connectivity index (χ4n) is 3.53. The number of ether oxygens (including phenoxy) is 1. The number of primary amides is 1. The smallest absolute Gasteiger partial charge is 0.284 e. The van der Waals surface area contributed by atoms with E-state index >= 15 is 0 Å². The summed E-state index contributed by atoms with van der Waals surface area (Å²) in [5.41, 5.74) is 7.16. The number of nitrogens with two attached hydrogens (primary N) is 1. The summed E-state index contributed by atoms with van der Waals surface area (Å²) >= 11 is 0. The van der Waals surface area contributed by atoms with Crippen molar-refractivity contribution in [3.05, 3.63) is 106 Å². The molecular formula is C27H24N2O5.